The van der Waals surface area contributed by atoms with Crippen molar-refractivity contribution in [2.75, 3.05) is 6.54 Å². The third-order valence-corrected chi connectivity index (χ3v) is 1.93. The Morgan fingerprint density at radius 2 is 2.23 bits per heavy atom. The first-order valence-electron chi connectivity index (χ1n) is 4.27. The molecule has 0 bridgehead atoms. The molecule has 0 radical (unpaired) electrons. The molecule has 4 heteroatoms. The van der Waals surface area contributed by atoms with Crippen LogP contribution in [-0.4, -0.2) is 17.6 Å². The molecule has 0 aliphatic heterocycles. The van der Waals surface area contributed by atoms with E-state index in [9.17, 15) is 4.79 Å². The van der Waals surface area contributed by atoms with Gasteiger partial charge in [0.05, 0.1) is 5.69 Å². The number of carbonyl (C=O) groups excluding carboxylic acids is 1. The number of amides is 1. The van der Waals surface area contributed by atoms with Crippen LogP contribution < -0.4 is 5.32 Å². The molecule has 0 spiro atoms. The number of hydrogen-bond donors (Lipinski definition) is 1. The van der Waals surface area contributed by atoms with E-state index in [0.717, 1.165) is 23.4 Å². The Kier molecular flexibility index (Phi) is 3.06. The third-order valence-electron chi connectivity index (χ3n) is 1.93. The Balaban J connectivity index is 2.49. The van der Waals surface area contributed by atoms with Crippen molar-refractivity contribution >= 4 is 5.91 Å². The Morgan fingerprint density at radius 1 is 1.54 bits per heavy atom. The Labute approximate surface area is 77.3 Å². The number of carbonyl (C=O) groups is 1. The highest BCUT2D eigenvalue weighted by atomic mass is 16.5. The van der Waals surface area contributed by atoms with E-state index in [-0.39, 0.29) is 5.91 Å². The molecule has 0 saturated heterocycles. The van der Waals surface area contributed by atoms with Crippen LogP contribution in [0.3, 0.4) is 0 Å². The number of hydrogen-bond acceptors (Lipinski definition) is 3. The summed E-state index contributed by atoms with van der Waals surface area (Å²) in [4.78, 5) is 10.6. The zero-order valence-electron chi connectivity index (χ0n) is 8.18. The smallest absolute Gasteiger partial charge is 0.216 e. The monoisotopic (exact) mass is 182 g/mol. The summed E-state index contributed by atoms with van der Waals surface area (Å²) in [5.41, 5.74) is 2.00. The highest BCUT2D eigenvalue weighted by molar-refractivity contribution is 5.72. The van der Waals surface area contributed by atoms with E-state index < -0.39 is 0 Å². The van der Waals surface area contributed by atoms with Gasteiger partial charge in [-0.3, -0.25) is 4.79 Å². The van der Waals surface area contributed by atoms with Crippen LogP contribution in [0.1, 0.15) is 23.9 Å². The van der Waals surface area contributed by atoms with Crippen molar-refractivity contribution < 1.29 is 9.32 Å². The van der Waals surface area contributed by atoms with Crippen LogP contribution in [0.15, 0.2) is 4.52 Å². The standard InChI is InChI=1S/C9H14N2O2/c1-6-9(7(2)13-11-6)4-5-10-8(3)12/h4-5H2,1-3H3,(H,10,12). The lowest BCUT2D eigenvalue weighted by Gasteiger charge is -2.00. The van der Waals surface area contributed by atoms with E-state index in [1.54, 1.807) is 0 Å². The van der Waals surface area contributed by atoms with Crippen molar-refractivity contribution in [3.63, 3.8) is 0 Å². The van der Waals surface area contributed by atoms with E-state index in [4.69, 9.17) is 4.52 Å². The van der Waals surface area contributed by atoms with Crippen molar-refractivity contribution in [1.29, 1.82) is 0 Å². The lowest BCUT2D eigenvalue weighted by atomic mass is 10.1. The van der Waals surface area contributed by atoms with Gasteiger partial charge in [-0.1, -0.05) is 5.16 Å². The largest absolute Gasteiger partial charge is 0.361 e. The fourth-order valence-electron chi connectivity index (χ4n) is 1.22. The fraction of sp³-hybridized carbons (Fsp3) is 0.556. The molecule has 1 aromatic heterocycles. The molecule has 0 saturated carbocycles. The van der Waals surface area contributed by atoms with Gasteiger partial charge in [-0.2, -0.15) is 0 Å². The molecule has 1 rings (SSSR count). The summed E-state index contributed by atoms with van der Waals surface area (Å²) in [5.74, 6) is 0.828. The van der Waals surface area contributed by atoms with Crippen LogP contribution in [0.2, 0.25) is 0 Å². The normalized spacial score (nSPS) is 10.1. The van der Waals surface area contributed by atoms with Crippen molar-refractivity contribution in [2.45, 2.75) is 27.2 Å². The van der Waals surface area contributed by atoms with Gasteiger partial charge in [-0.05, 0) is 20.3 Å². The molecule has 0 atom stereocenters. The average molecular weight is 182 g/mol. The molecule has 72 valence electrons. The molecule has 1 amide bonds. The van der Waals surface area contributed by atoms with Gasteiger partial charge in [0.2, 0.25) is 5.91 Å². The molecular formula is C9H14N2O2. The van der Waals surface area contributed by atoms with Crippen molar-refractivity contribution in [3.8, 4) is 0 Å². The van der Waals surface area contributed by atoms with Crippen LogP contribution in [0.25, 0.3) is 0 Å². The van der Waals surface area contributed by atoms with Gasteiger partial charge in [0.25, 0.3) is 0 Å². The minimum atomic E-state index is -0.00763. The van der Waals surface area contributed by atoms with Gasteiger partial charge in [0, 0.05) is 19.0 Å². The number of nitrogens with one attached hydrogen (secondary N) is 1. The fourth-order valence-corrected chi connectivity index (χ4v) is 1.22. The Morgan fingerprint density at radius 3 is 2.69 bits per heavy atom. The molecule has 0 unspecified atom stereocenters. The summed E-state index contributed by atoms with van der Waals surface area (Å²) in [6.07, 6.45) is 0.779. The molecule has 4 nitrogen and oxygen atoms in total. The van der Waals surface area contributed by atoms with E-state index in [1.165, 1.54) is 6.92 Å². The van der Waals surface area contributed by atoms with Gasteiger partial charge >= 0.3 is 0 Å². The van der Waals surface area contributed by atoms with Gasteiger partial charge in [-0.25, -0.2) is 0 Å². The lowest BCUT2D eigenvalue weighted by molar-refractivity contribution is -0.118. The molecule has 1 heterocycles. The van der Waals surface area contributed by atoms with E-state index in [0.29, 0.717) is 6.54 Å². The summed E-state index contributed by atoms with van der Waals surface area (Å²) in [5, 5.41) is 6.56. The second kappa shape index (κ2) is 4.07. The average Bonchev–Trinajstić information content (AvgIpc) is 2.34. The maximum Gasteiger partial charge on any atom is 0.216 e. The number of aromatic nitrogens is 1. The summed E-state index contributed by atoms with van der Waals surface area (Å²) in [6, 6.07) is 0. The topological polar surface area (TPSA) is 55.1 Å². The highest BCUT2D eigenvalue weighted by Crippen LogP contribution is 2.11. The number of nitrogens with zero attached hydrogens (tertiary/aromatic N) is 1. The van der Waals surface area contributed by atoms with Crippen LogP contribution >= 0.6 is 0 Å². The minimum Gasteiger partial charge on any atom is -0.361 e. The number of aryl methyl sites for hydroxylation is 2. The summed E-state index contributed by atoms with van der Waals surface area (Å²) in [6.45, 7) is 5.92. The first-order valence-corrected chi connectivity index (χ1v) is 4.27. The molecule has 0 aliphatic rings. The van der Waals surface area contributed by atoms with Crippen molar-refractivity contribution in [2.24, 2.45) is 0 Å². The molecule has 0 aliphatic carbocycles. The maximum absolute atomic E-state index is 10.6. The van der Waals surface area contributed by atoms with Crippen molar-refractivity contribution in [3.05, 3.63) is 17.0 Å². The SMILES string of the molecule is CC(=O)NCCc1c(C)noc1C. The second-order valence-corrected chi connectivity index (χ2v) is 3.04. The summed E-state index contributed by atoms with van der Waals surface area (Å²) in [7, 11) is 0. The first kappa shape index (κ1) is 9.77. The zero-order chi connectivity index (χ0) is 9.84. The molecule has 13 heavy (non-hydrogen) atoms. The molecule has 0 fully saturated rings. The van der Waals surface area contributed by atoms with E-state index in [1.807, 2.05) is 13.8 Å². The summed E-state index contributed by atoms with van der Waals surface area (Å²) < 4.78 is 4.99. The van der Waals surface area contributed by atoms with Crippen LogP contribution in [0.4, 0.5) is 0 Å². The van der Waals surface area contributed by atoms with Gasteiger partial charge in [-0.15, -0.1) is 0 Å². The van der Waals surface area contributed by atoms with Crippen LogP contribution in [0, 0.1) is 13.8 Å². The summed E-state index contributed by atoms with van der Waals surface area (Å²) >= 11 is 0. The zero-order valence-corrected chi connectivity index (χ0v) is 8.18. The Hall–Kier alpha value is -1.32. The Bertz CT molecular complexity index is 285. The first-order chi connectivity index (χ1) is 6.11. The molecular weight excluding hydrogens is 168 g/mol. The lowest BCUT2D eigenvalue weighted by Crippen LogP contribution is -2.22. The van der Waals surface area contributed by atoms with Crippen LogP contribution in [-0.2, 0) is 11.2 Å². The highest BCUT2D eigenvalue weighted by Gasteiger charge is 2.07. The van der Waals surface area contributed by atoms with Gasteiger partial charge < -0.3 is 9.84 Å². The predicted molar refractivity (Wildman–Crippen MR) is 48.4 cm³/mol. The predicted octanol–water partition coefficient (Wildman–Crippen LogP) is 0.970. The van der Waals surface area contributed by atoms with Crippen LogP contribution in [0.5, 0.6) is 0 Å². The van der Waals surface area contributed by atoms with Crippen molar-refractivity contribution in [1.82, 2.24) is 10.5 Å². The maximum atomic E-state index is 10.6. The van der Waals surface area contributed by atoms with Gasteiger partial charge in [0.1, 0.15) is 5.76 Å². The van der Waals surface area contributed by atoms with E-state index in [2.05, 4.69) is 10.5 Å². The molecule has 1 N–H and O–H groups in total. The van der Waals surface area contributed by atoms with Gasteiger partial charge in [0.15, 0.2) is 0 Å². The molecule has 0 aromatic carbocycles. The second-order valence-electron chi connectivity index (χ2n) is 3.04. The molecule has 1 aromatic rings. The minimum absolute atomic E-state index is 0.00763. The number of rotatable bonds is 3. The quantitative estimate of drug-likeness (QED) is 0.757. The van der Waals surface area contributed by atoms with E-state index >= 15 is 0 Å². The third kappa shape index (κ3) is 2.57.